The first-order valence-electron chi connectivity index (χ1n) is 7.68. The molecule has 6 heteroatoms. The number of hydrogen-bond acceptors (Lipinski definition) is 4. The van der Waals surface area contributed by atoms with Crippen molar-refractivity contribution in [1.29, 1.82) is 5.26 Å². The summed E-state index contributed by atoms with van der Waals surface area (Å²) in [5, 5.41) is 11.7. The largest absolute Gasteiger partial charge is 0.478 e. The Morgan fingerprint density at radius 1 is 1.33 bits per heavy atom. The second kappa shape index (κ2) is 8.53. The quantitative estimate of drug-likeness (QED) is 0.886. The van der Waals surface area contributed by atoms with Crippen LogP contribution in [0.15, 0.2) is 42.6 Å². The van der Waals surface area contributed by atoms with Gasteiger partial charge in [0.1, 0.15) is 0 Å². The van der Waals surface area contributed by atoms with Gasteiger partial charge in [0.25, 0.3) is 0 Å². The molecule has 0 unspecified atom stereocenters. The molecule has 2 rings (SSSR count). The predicted molar refractivity (Wildman–Crippen MR) is 90.3 cm³/mol. The van der Waals surface area contributed by atoms with Crippen LogP contribution in [0.3, 0.4) is 0 Å². The number of benzene rings is 1. The number of carbonyl (C=O) groups is 1. The van der Waals surface area contributed by atoms with E-state index in [1.165, 1.54) is 0 Å². The van der Waals surface area contributed by atoms with Crippen LogP contribution in [0.25, 0.3) is 0 Å². The molecule has 0 saturated carbocycles. The second-order valence-electron chi connectivity index (χ2n) is 5.22. The Hall–Kier alpha value is -3.07. The molecule has 2 aromatic rings. The highest BCUT2D eigenvalue weighted by Crippen LogP contribution is 2.14. The molecule has 124 valence electrons. The van der Waals surface area contributed by atoms with E-state index < -0.39 is 0 Å². The zero-order valence-corrected chi connectivity index (χ0v) is 13.8. The lowest BCUT2D eigenvalue weighted by atomic mass is 10.1. The molecule has 2 amide bonds. The van der Waals surface area contributed by atoms with E-state index in [-0.39, 0.29) is 6.03 Å². The molecule has 0 aliphatic rings. The van der Waals surface area contributed by atoms with Gasteiger partial charge in [-0.25, -0.2) is 9.78 Å². The molecule has 0 aliphatic carbocycles. The standard InChI is InChI=1S/C18H20N4O2/c1-3-24-17-16(5-4-10-20-17)12-21-18(23)22(2)13-15-8-6-14(11-19)7-9-15/h4-10H,3,12-13H2,1-2H3,(H,21,23). The minimum Gasteiger partial charge on any atom is -0.478 e. The lowest BCUT2D eigenvalue weighted by molar-refractivity contribution is 0.206. The number of carbonyl (C=O) groups excluding carboxylic acids is 1. The van der Waals surface area contributed by atoms with E-state index in [1.54, 1.807) is 30.3 Å². The number of aromatic nitrogens is 1. The molecular formula is C18H20N4O2. The van der Waals surface area contributed by atoms with Crippen molar-refractivity contribution in [3.8, 4) is 11.9 Å². The molecule has 24 heavy (non-hydrogen) atoms. The average molecular weight is 324 g/mol. The molecule has 0 saturated heterocycles. The van der Waals surface area contributed by atoms with E-state index in [2.05, 4.69) is 16.4 Å². The average Bonchev–Trinajstić information content (AvgIpc) is 2.61. The molecule has 0 bridgehead atoms. The van der Waals surface area contributed by atoms with Crippen LogP contribution in [-0.2, 0) is 13.1 Å². The number of nitrogens with one attached hydrogen (secondary N) is 1. The summed E-state index contributed by atoms with van der Waals surface area (Å²) in [6, 6.07) is 12.7. The summed E-state index contributed by atoms with van der Waals surface area (Å²) >= 11 is 0. The van der Waals surface area contributed by atoms with Crippen molar-refractivity contribution in [3.05, 3.63) is 59.3 Å². The summed E-state index contributed by atoms with van der Waals surface area (Å²) in [6.07, 6.45) is 1.66. The minimum atomic E-state index is -0.189. The Morgan fingerprint density at radius 2 is 2.08 bits per heavy atom. The van der Waals surface area contributed by atoms with Crippen LogP contribution in [0, 0.1) is 11.3 Å². The van der Waals surface area contributed by atoms with Crippen LogP contribution in [0.5, 0.6) is 5.88 Å². The van der Waals surface area contributed by atoms with Gasteiger partial charge < -0.3 is 15.0 Å². The van der Waals surface area contributed by atoms with E-state index in [0.29, 0.717) is 31.1 Å². The molecule has 0 aliphatic heterocycles. The zero-order chi connectivity index (χ0) is 17.4. The molecule has 1 heterocycles. The van der Waals surface area contributed by atoms with Gasteiger partial charge in [0, 0.05) is 31.9 Å². The summed E-state index contributed by atoms with van der Waals surface area (Å²) in [6.45, 7) is 3.22. The number of nitrogens with zero attached hydrogens (tertiary/aromatic N) is 3. The van der Waals surface area contributed by atoms with Crippen molar-refractivity contribution in [2.24, 2.45) is 0 Å². The highest BCUT2D eigenvalue weighted by molar-refractivity contribution is 5.73. The van der Waals surface area contributed by atoms with E-state index >= 15 is 0 Å². The third-order valence-corrected chi connectivity index (χ3v) is 3.41. The topological polar surface area (TPSA) is 78.2 Å². The van der Waals surface area contributed by atoms with Crippen molar-refractivity contribution in [1.82, 2.24) is 15.2 Å². The molecule has 0 atom stereocenters. The maximum atomic E-state index is 12.2. The fourth-order valence-electron chi connectivity index (χ4n) is 2.16. The van der Waals surface area contributed by atoms with Gasteiger partial charge >= 0.3 is 6.03 Å². The Labute approximate surface area is 141 Å². The van der Waals surface area contributed by atoms with Crippen molar-refractivity contribution in [2.75, 3.05) is 13.7 Å². The van der Waals surface area contributed by atoms with Gasteiger partial charge in [0.15, 0.2) is 0 Å². The first-order valence-corrected chi connectivity index (χ1v) is 7.68. The van der Waals surface area contributed by atoms with Gasteiger partial charge in [-0.2, -0.15) is 5.26 Å². The predicted octanol–water partition coefficient (Wildman–Crippen LogP) is 2.69. The Kier molecular flexibility index (Phi) is 6.15. The number of rotatable bonds is 6. The van der Waals surface area contributed by atoms with Gasteiger partial charge in [0.05, 0.1) is 18.2 Å². The first-order chi connectivity index (χ1) is 11.6. The SMILES string of the molecule is CCOc1ncccc1CNC(=O)N(C)Cc1ccc(C#N)cc1. The van der Waals surface area contributed by atoms with Crippen LogP contribution < -0.4 is 10.1 Å². The highest BCUT2D eigenvalue weighted by Gasteiger charge is 2.11. The molecule has 1 aromatic carbocycles. The van der Waals surface area contributed by atoms with Crippen molar-refractivity contribution in [2.45, 2.75) is 20.0 Å². The summed E-state index contributed by atoms with van der Waals surface area (Å²) in [5.41, 5.74) is 2.40. The fourth-order valence-corrected chi connectivity index (χ4v) is 2.16. The summed E-state index contributed by atoms with van der Waals surface area (Å²) in [7, 11) is 1.72. The Balaban J connectivity index is 1.91. The fraction of sp³-hybridized carbons (Fsp3) is 0.278. The van der Waals surface area contributed by atoms with Crippen molar-refractivity contribution >= 4 is 6.03 Å². The Morgan fingerprint density at radius 3 is 2.75 bits per heavy atom. The van der Waals surface area contributed by atoms with Gasteiger partial charge in [-0.15, -0.1) is 0 Å². The number of pyridine rings is 1. The van der Waals surface area contributed by atoms with Gasteiger partial charge in [0.2, 0.25) is 5.88 Å². The summed E-state index contributed by atoms with van der Waals surface area (Å²) in [5.74, 6) is 0.537. The maximum Gasteiger partial charge on any atom is 0.317 e. The van der Waals surface area contributed by atoms with Crippen LogP contribution in [0.2, 0.25) is 0 Å². The lowest BCUT2D eigenvalue weighted by Crippen LogP contribution is -2.36. The van der Waals surface area contributed by atoms with Crippen molar-refractivity contribution in [3.63, 3.8) is 0 Å². The van der Waals surface area contributed by atoms with Gasteiger partial charge in [-0.3, -0.25) is 0 Å². The number of amides is 2. The van der Waals surface area contributed by atoms with E-state index in [4.69, 9.17) is 10.00 Å². The number of hydrogen-bond donors (Lipinski definition) is 1. The normalized spacial score (nSPS) is 9.88. The van der Waals surface area contributed by atoms with Gasteiger partial charge in [-0.1, -0.05) is 18.2 Å². The smallest absolute Gasteiger partial charge is 0.317 e. The van der Waals surface area contributed by atoms with Crippen molar-refractivity contribution < 1.29 is 9.53 Å². The molecule has 6 nitrogen and oxygen atoms in total. The molecule has 1 N–H and O–H groups in total. The monoisotopic (exact) mass is 324 g/mol. The third-order valence-electron chi connectivity index (χ3n) is 3.41. The molecule has 0 radical (unpaired) electrons. The molecular weight excluding hydrogens is 304 g/mol. The van der Waals surface area contributed by atoms with Crippen LogP contribution in [-0.4, -0.2) is 29.6 Å². The van der Waals surface area contributed by atoms with Gasteiger partial charge in [-0.05, 0) is 30.7 Å². The molecule has 0 fully saturated rings. The van der Waals surface area contributed by atoms with Crippen LogP contribution in [0.1, 0.15) is 23.6 Å². The minimum absolute atomic E-state index is 0.189. The number of nitriles is 1. The maximum absolute atomic E-state index is 12.2. The van der Waals surface area contributed by atoms with E-state index in [0.717, 1.165) is 11.1 Å². The highest BCUT2D eigenvalue weighted by atomic mass is 16.5. The Bertz CT molecular complexity index is 723. The molecule has 0 spiro atoms. The van der Waals surface area contributed by atoms with Crippen LogP contribution >= 0.6 is 0 Å². The third kappa shape index (κ3) is 4.71. The van der Waals surface area contributed by atoms with E-state index in [1.807, 2.05) is 31.2 Å². The number of ether oxygens (including phenoxy) is 1. The summed E-state index contributed by atoms with van der Waals surface area (Å²) in [4.78, 5) is 18.0. The molecule has 1 aromatic heterocycles. The van der Waals surface area contributed by atoms with Crippen LogP contribution in [0.4, 0.5) is 4.79 Å². The van der Waals surface area contributed by atoms with E-state index in [9.17, 15) is 4.79 Å². The zero-order valence-electron chi connectivity index (χ0n) is 13.8. The first kappa shape index (κ1) is 17.3. The summed E-state index contributed by atoms with van der Waals surface area (Å²) < 4.78 is 5.44. The second-order valence-corrected chi connectivity index (χ2v) is 5.22. The number of urea groups is 1. The lowest BCUT2D eigenvalue weighted by Gasteiger charge is -2.18.